The Hall–Kier alpha value is -0.410. The highest BCUT2D eigenvalue weighted by Crippen LogP contribution is 2.27. The van der Waals surface area contributed by atoms with Crippen LogP contribution in [-0.4, -0.2) is 11.0 Å². The highest BCUT2D eigenvalue weighted by molar-refractivity contribution is 7.11. The summed E-state index contributed by atoms with van der Waals surface area (Å²) < 4.78 is 0. The molecule has 2 unspecified atom stereocenters. The Bertz CT molecular complexity index is 335. The van der Waals surface area contributed by atoms with Crippen molar-refractivity contribution in [2.24, 2.45) is 5.92 Å². The molecule has 96 valence electrons. The van der Waals surface area contributed by atoms with Crippen LogP contribution in [0, 0.1) is 5.92 Å². The minimum Gasteiger partial charge on any atom is -0.307 e. The van der Waals surface area contributed by atoms with Crippen LogP contribution in [0.1, 0.15) is 55.8 Å². The monoisotopic (exact) mass is 252 g/mol. The van der Waals surface area contributed by atoms with E-state index in [9.17, 15) is 0 Å². The summed E-state index contributed by atoms with van der Waals surface area (Å²) in [6.07, 6.45) is 10.0. The van der Waals surface area contributed by atoms with Gasteiger partial charge in [0, 0.05) is 23.7 Å². The van der Waals surface area contributed by atoms with Crippen LogP contribution in [0.4, 0.5) is 0 Å². The molecule has 1 aromatic heterocycles. The molecule has 17 heavy (non-hydrogen) atoms. The normalized spacial score (nSPS) is 25.1. The fourth-order valence-corrected chi connectivity index (χ4v) is 3.59. The highest BCUT2D eigenvalue weighted by atomic mass is 32.1. The van der Waals surface area contributed by atoms with Gasteiger partial charge in [0.05, 0.1) is 0 Å². The highest BCUT2D eigenvalue weighted by Gasteiger charge is 2.23. The number of hydrogen-bond donors (Lipinski definition) is 1. The number of rotatable bonds is 5. The van der Waals surface area contributed by atoms with Crippen molar-refractivity contribution in [2.75, 3.05) is 0 Å². The smallest absolute Gasteiger partial charge is 0.107 e. The Kier molecular flexibility index (Phi) is 4.99. The average molecular weight is 252 g/mol. The molecule has 0 aliphatic heterocycles. The van der Waals surface area contributed by atoms with Gasteiger partial charge in [-0.05, 0) is 25.2 Å². The summed E-state index contributed by atoms with van der Waals surface area (Å²) in [7, 11) is 0. The number of aromatic nitrogens is 1. The second-order valence-electron chi connectivity index (χ2n) is 5.01. The Morgan fingerprint density at radius 2 is 2.18 bits per heavy atom. The van der Waals surface area contributed by atoms with Crippen LogP contribution in [0.2, 0.25) is 0 Å². The summed E-state index contributed by atoms with van der Waals surface area (Å²) >= 11 is 1.86. The summed E-state index contributed by atoms with van der Waals surface area (Å²) in [5, 5.41) is 4.98. The third-order valence-corrected chi connectivity index (χ3v) is 5.04. The molecule has 1 N–H and O–H groups in total. The molecule has 3 heteroatoms. The van der Waals surface area contributed by atoms with E-state index in [0.29, 0.717) is 0 Å². The molecular formula is C14H24N2S. The van der Waals surface area contributed by atoms with Gasteiger partial charge >= 0.3 is 0 Å². The predicted octanol–water partition coefficient (Wildman–Crippen LogP) is 3.76. The summed E-state index contributed by atoms with van der Waals surface area (Å²) in [5.74, 6) is 0.884. The van der Waals surface area contributed by atoms with Gasteiger partial charge in [-0.3, -0.25) is 0 Å². The SMILES string of the molecule is CCc1cnc(CNC2CCCCC2CC)s1. The Balaban J connectivity index is 1.83. The molecule has 0 amide bonds. The molecule has 1 aliphatic rings. The first-order chi connectivity index (χ1) is 8.33. The summed E-state index contributed by atoms with van der Waals surface area (Å²) in [4.78, 5) is 5.88. The van der Waals surface area contributed by atoms with Crippen molar-refractivity contribution in [3.8, 4) is 0 Å². The Morgan fingerprint density at radius 3 is 2.88 bits per heavy atom. The first-order valence-electron chi connectivity index (χ1n) is 7.00. The summed E-state index contributed by atoms with van der Waals surface area (Å²) in [6.45, 7) is 5.48. The fourth-order valence-electron chi connectivity index (χ4n) is 2.78. The molecule has 0 radical (unpaired) electrons. The Morgan fingerprint density at radius 1 is 1.35 bits per heavy atom. The van der Waals surface area contributed by atoms with Crippen LogP contribution in [0.3, 0.4) is 0 Å². The summed E-state index contributed by atoms with van der Waals surface area (Å²) in [5.41, 5.74) is 0. The minimum atomic E-state index is 0.725. The van der Waals surface area contributed by atoms with E-state index in [-0.39, 0.29) is 0 Å². The van der Waals surface area contributed by atoms with Gasteiger partial charge in [0.1, 0.15) is 5.01 Å². The Labute approximate surface area is 109 Å². The quantitative estimate of drug-likeness (QED) is 0.863. The van der Waals surface area contributed by atoms with E-state index in [1.165, 1.54) is 42.0 Å². The van der Waals surface area contributed by atoms with Gasteiger partial charge < -0.3 is 5.32 Å². The molecule has 2 atom stereocenters. The first-order valence-corrected chi connectivity index (χ1v) is 7.82. The largest absolute Gasteiger partial charge is 0.307 e. The van der Waals surface area contributed by atoms with E-state index in [2.05, 4.69) is 24.1 Å². The lowest BCUT2D eigenvalue weighted by molar-refractivity contribution is 0.254. The van der Waals surface area contributed by atoms with Crippen LogP contribution < -0.4 is 5.32 Å². The van der Waals surface area contributed by atoms with Gasteiger partial charge in [0.2, 0.25) is 0 Å². The van der Waals surface area contributed by atoms with Gasteiger partial charge in [0.15, 0.2) is 0 Å². The van der Waals surface area contributed by atoms with Gasteiger partial charge in [-0.1, -0.05) is 33.1 Å². The van der Waals surface area contributed by atoms with Crippen LogP contribution in [0.25, 0.3) is 0 Å². The molecule has 0 spiro atoms. The van der Waals surface area contributed by atoms with E-state index in [1.807, 2.05) is 17.5 Å². The van der Waals surface area contributed by atoms with Crippen molar-refractivity contribution in [1.82, 2.24) is 10.3 Å². The maximum Gasteiger partial charge on any atom is 0.107 e. The maximum absolute atomic E-state index is 4.48. The standard InChI is InChI=1S/C14H24N2S/c1-3-11-7-5-6-8-13(11)15-10-14-16-9-12(4-2)17-14/h9,11,13,15H,3-8,10H2,1-2H3. The van der Waals surface area contributed by atoms with Crippen molar-refractivity contribution < 1.29 is 0 Å². The third-order valence-electron chi connectivity index (χ3n) is 3.90. The van der Waals surface area contributed by atoms with Crippen molar-refractivity contribution in [3.05, 3.63) is 16.1 Å². The van der Waals surface area contributed by atoms with Crippen LogP contribution in [0.5, 0.6) is 0 Å². The number of thiazole rings is 1. The zero-order valence-electron chi connectivity index (χ0n) is 11.0. The molecule has 1 fully saturated rings. The topological polar surface area (TPSA) is 24.9 Å². The maximum atomic E-state index is 4.48. The van der Waals surface area contributed by atoms with Crippen molar-refractivity contribution in [1.29, 1.82) is 0 Å². The zero-order chi connectivity index (χ0) is 12.1. The van der Waals surface area contributed by atoms with E-state index >= 15 is 0 Å². The predicted molar refractivity (Wildman–Crippen MR) is 74.4 cm³/mol. The molecule has 0 aromatic carbocycles. The van der Waals surface area contributed by atoms with E-state index in [1.54, 1.807) is 0 Å². The molecule has 1 aliphatic carbocycles. The lowest BCUT2D eigenvalue weighted by atomic mass is 9.83. The van der Waals surface area contributed by atoms with Gasteiger partial charge in [-0.2, -0.15) is 0 Å². The number of aryl methyl sites for hydroxylation is 1. The average Bonchev–Trinajstić information content (AvgIpc) is 2.84. The summed E-state index contributed by atoms with van der Waals surface area (Å²) in [6, 6.07) is 0.725. The second-order valence-corrected chi connectivity index (χ2v) is 6.21. The van der Waals surface area contributed by atoms with Crippen LogP contribution in [0.15, 0.2) is 6.20 Å². The zero-order valence-corrected chi connectivity index (χ0v) is 11.9. The molecule has 0 saturated heterocycles. The molecule has 2 rings (SSSR count). The van der Waals surface area contributed by atoms with E-state index in [0.717, 1.165) is 24.9 Å². The van der Waals surface area contributed by atoms with Crippen LogP contribution in [-0.2, 0) is 13.0 Å². The van der Waals surface area contributed by atoms with Crippen LogP contribution >= 0.6 is 11.3 Å². The van der Waals surface area contributed by atoms with Crippen molar-refractivity contribution >= 4 is 11.3 Å². The third kappa shape index (κ3) is 3.52. The lowest BCUT2D eigenvalue weighted by Gasteiger charge is -2.31. The molecule has 2 nitrogen and oxygen atoms in total. The number of nitrogens with zero attached hydrogens (tertiary/aromatic N) is 1. The molecule has 1 saturated carbocycles. The van der Waals surface area contributed by atoms with E-state index < -0.39 is 0 Å². The van der Waals surface area contributed by atoms with Crippen molar-refractivity contribution in [2.45, 2.75) is 65.0 Å². The van der Waals surface area contributed by atoms with Gasteiger partial charge in [0.25, 0.3) is 0 Å². The first kappa shape index (κ1) is 13.0. The lowest BCUT2D eigenvalue weighted by Crippen LogP contribution is -2.37. The fraction of sp³-hybridized carbons (Fsp3) is 0.786. The molecular weight excluding hydrogens is 228 g/mol. The number of hydrogen-bond acceptors (Lipinski definition) is 3. The minimum absolute atomic E-state index is 0.725. The molecule has 1 aromatic rings. The molecule has 0 bridgehead atoms. The van der Waals surface area contributed by atoms with Gasteiger partial charge in [-0.25, -0.2) is 4.98 Å². The second kappa shape index (κ2) is 6.50. The van der Waals surface area contributed by atoms with Crippen molar-refractivity contribution in [3.63, 3.8) is 0 Å². The van der Waals surface area contributed by atoms with E-state index in [4.69, 9.17) is 0 Å². The van der Waals surface area contributed by atoms with Gasteiger partial charge in [-0.15, -0.1) is 11.3 Å². The molecule has 1 heterocycles. The number of nitrogens with one attached hydrogen (secondary N) is 1.